The quantitative estimate of drug-likeness (QED) is 0.0347. The third kappa shape index (κ3) is 47.8. The highest BCUT2D eigenvalue weighted by Gasteiger charge is 2.17. The summed E-state index contributed by atoms with van der Waals surface area (Å²) >= 11 is 0. The van der Waals surface area contributed by atoms with E-state index in [1.54, 1.807) is 0 Å². The molecule has 0 N–H and O–H groups in total. The first-order valence-corrected chi connectivity index (χ1v) is 25.1. The van der Waals surface area contributed by atoms with E-state index in [4.69, 9.17) is 14.2 Å². The standard InChI is InChI=1S/C55H94O5/c1-4-7-10-13-16-19-22-24-26-28-29-31-34-36-39-42-45-48-54(56)59-52-53(60-55(57)49-46-43-40-37-33-21-18-15-12-9-6-3)51-58-50-47-44-41-38-35-32-30-27-25-23-20-17-14-11-8-5-2/h7-8,10-11,15-20,24-27,53H,4-6,9,12-14,21-23,28-52H2,1-3H3/b10-7-,11-8-,18-15-,19-16-,20-17-,26-24-,27-25-. The first kappa shape index (κ1) is 57.1. The largest absolute Gasteiger partial charge is 0.462 e. The average Bonchev–Trinajstić information content (AvgIpc) is 3.25. The van der Waals surface area contributed by atoms with E-state index in [2.05, 4.69) is 106 Å². The molecule has 0 saturated heterocycles. The fourth-order valence-corrected chi connectivity index (χ4v) is 6.70. The van der Waals surface area contributed by atoms with Gasteiger partial charge < -0.3 is 14.2 Å². The molecule has 0 radical (unpaired) electrons. The number of ether oxygens (including phenoxy) is 3. The molecular weight excluding hydrogens is 741 g/mol. The molecule has 5 nitrogen and oxygen atoms in total. The number of hydrogen-bond acceptors (Lipinski definition) is 5. The second kappa shape index (κ2) is 50.4. The van der Waals surface area contributed by atoms with Crippen molar-refractivity contribution in [3.8, 4) is 0 Å². The third-order valence-electron chi connectivity index (χ3n) is 10.4. The van der Waals surface area contributed by atoms with Gasteiger partial charge in [-0.3, -0.25) is 9.59 Å². The molecule has 0 bridgehead atoms. The Hall–Kier alpha value is -2.92. The topological polar surface area (TPSA) is 61.8 Å². The smallest absolute Gasteiger partial charge is 0.306 e. The van der Waals surface area contributed by atoms with Crippen LogP contribution in [0.25, 0.3) is 0 Å². The van der Waals surface area contributed by atoms with Crippen molar-refractivity contribution in [1.29, 1.82) is 0 Å². The molecule has 1 unspecified atom stereocenters. The summed E-state index contributed by atoms with van der Waals surface area (Å²) in [5, 5.41) is 0. The summed E-state index contributed by atoms with van der Waals surface area (Å²) in [4.78, 5) is 25.3. The maximum Gasteiger partial charge on any atom is 0.306 e. The Morgan fingerprint density at radius 3 is 1.22 bits per heavy atom. The predicted molar refractivity (Wildman–Crippen MR) is 260 cm³/mol. The van der Waals surface area contributed by atoms with Gasteiger partial charge in [-0.1, -0.05) is 196 Å². The van der Waals surface area contributed by atoms with E-state index in [-0.39, 0.29) is 25.2 Å². The molecule has 0 aromatic carbocycles. The molecule has 0 saturated carbocycles. The molecule has 0 aliphatic rings. The van der Waals surface area contributed by atoms with Crippen LogP contribution in [-0.4, -0.2) is 37.9 Å². The summed E-state index contributed by atoms with van der Waals surface area (Å²) in [5.41, 5.74) is 0. The van der Waals surface area contributed by atoms with E-state index >= 15 is 0 Å². The lowest BCUT2D eigenvalue weighted by atomic mass is 10.1. The number of carbonyl (C=O) groups excluding carboxylic acids is 2. The zero-order valence-electron chi connectivity index (χ0n) is 39.5. The van der Waals surface area contributed by atoms with E-state index in [0.717, 1.165) is 109 Å². The van der Waals surface area contributed by atoms with Crippen molar-refractivity contribution < 1.29 is 23.8 Å². The van der Waals surface area contributed by atoms with E-state index in [0.29, 0.717) is 19.4 Å². The molecule has 0 aliphatic carbocycles. The van der Waals surface area contributed by atoms with Crippen LogP contribution in [0.2, 0.25) is 0 Å². The van der Waals surface area contributed by atoms with Gasteiger partial charge in [0.2, 0.25) is 0 Å². The van der Waals surface area contributed by atoms with Crippen LogP contribution in [-0.2, 0) is 23.8 Å². The van der Waals surface area contributed by atoms with Crippen LogP contribution in [0.4, 0.5) is 0 Å². The maximum absolute atomic E-state index is 12.8. The summed E-state index contributed by atoms with van der Waals surface area (Å²) in [7, 11) is 0. The minimum absolute atomic E-state index is 0.0679. The van der Waals surface area contributed by atoms with Crippen LogP contribution < -0.4 is 0 Å². The molecule has 0 aromatic rings. The highest BCUT2D eigenvalue weighted by molar-refractivity contribution is 5.70. The molecule has 5 heteroatoms. The van der Waals surface area contributed by atoms with E-state index in [9.17, 15) is 9.59 Å². The lowest BCUT2D eigenvalue weighted by Crippen LogP contribution is -2.30. The van der Waals surface area contributed by atoms with Crippen molar-refractivity contribution in [1.82, 2.24) is 0 Å². The zero-order valence-corrected chi connectivity index (χ0v) is 39.5. The predicted octanol–water partition coefficient (Wildman–Crippen LogP) is 16.9. The molecule has 1 atom stereocenters. The zero-order chi connectivity index (χ0) is 43.5. The SMILES string of the molecule is CC/C=C\C/C=C\C/C=C\CCCCCCCCCC(=O)OCC(COCCCCCCCC/C=C\C/C=C\C/C=C\CC)OC(=O)CCCCCCC/C=C\CCCC. The fourth-order valence-electron chi connectivity index (χ4n) is 6.70. The minimum atomic E-state index is -0.554. The Kier molecular flexibility index (Phi) is 48.0. The Morgan fingerprint density at radius 1 is 0.383 bits per heavy atom. The van der Waals surface area contributed by atoms with Gasteiger partial charge in [0.15, 0.2) is 6.10 Å². The number of carbonyl (C=O) groups is 2. The first-order valence-electron chi connectivity index (χ1n) is 25.1. The number of rotatable bonds is 45. The summed E-state index contributed by atoms with van der Waals surface area (Å²) in [5.74, 6) is -0.429. The lowest BCUT2D eigenvalue weighted by molar-refractivity contribution is -0.163. The van der Waals surface area contributed by atoms with Crippen molar-refractivity contribution in [3.05, 3.63) is 85.1 Å². The third-order valence-corrected chi connectivity index (χ3v) is 10.4. The number of hydrogen-bond donors (Lipinski definition) is 0. The summed E-state index contributed by atoms with van der Waals surface area (Å²) in [6.45, 7) is 7.52. The molecule has 0 rings (SSSR count). The van der Waals surface area contributed by atoms with Gasteiger partial charge in [-0.15, -0.1) is 0 Å². The van der Waals surface area contributed by atoms with Gasteiger partial charge in [-0.05, 0) is 103 Å². The highest BCUT2D eigenvalue weighted by atomic mass is 16.6. The number of allylic oxidation sites excluding steroid dienone is 14. The summed E-state index contributed by atoms with van der Waals surface area (Å²) < 4.78 is 17.4. The number of unbranched alkanes of at least 4 members (excludes halogenated alkanes) is 20. The van der Waals surface area contributed by atoms with E-state index in [1.165, 1.54) is 83.5 Å². The molecule has 60 heavy (non-hydrogen) atoms. The number of esters is 2. The van der Waals surface area contributed by atoms with Crippen LogP contribution in [0, 0.1) is 0 Å². The molecular formula is C55H94O5. The molecule has 0 heterocycles. The van der Waals surface area contributed by atoms with Crippen LogP contribution in [0.5, 0.6) is 0 Å². The lowest BCUT2D eigenvalue weighted by Gasteiger charge is -2.18. The van der Waals surface area contributed by atoms with Crippen molar-refractivity contribution in [2.24, 2.45) is 0 Å². The second-order valence-corrected chi connectivity index (χ2v) is 16.3. The van der Waals surface area contributed by atoms with Crippen LogP contribution in [0.15, 0.2) is 85.1 Å². The Balaban J connectivity index is 4.29. The van der Waals surface area contributed by atoms with Crippen molar-refractivity contribution >= 4 is 11.9 Å². The van der Waals surface area contributed by atoms with Crippen LogP contribution in [0.1, 0.15) is 226 Å². The Morgan fingerprint density at radius 2 is 0.750 bits per heavy atom. The normalized spacial score (nSPS) is 12.9. The molecule has 0 aromatic heterocycles. The average molecular weight is 835 g/mol. The summed E-state index contributed by atoms with van der Waals surface area (Å²) in [6, 6.07) is 0. The summed E-state index contributed by atoms with van der Waals surface area (Å²) in [6.07, 6.45) is 65.9. The van der Waals surface area contributed by atoms with Gasteiger partial charge >= 0.3 is 11.9 Å². The minimum Gasteiger partial charge on any atom is -0.462 e. The molecule has 0 spiro atoms. The van der Waals surface area contributed by atoms with Crippen molar-refractivity contribution in [3.63, 3.8) is 0 Å². The van der Waals surface area contributed by atoms with Gasteiger partial charge in [-0.2, -0.15) is 0 Å². The molecule has 344 valence electrons. The monoisotopic (exact) mass is 835 g/mol. The maximum atomic E-state index is 12.8. The van der Waals surface area contributed by atoms with Gasteiger partial charge in [-0.25, -0.2) is 0 Å². The first-order chi connectivity index (χ1) is 29.6. The van der Waals surface area contributed by atoms with Crippen LogP contribution in [0.3, 0.4) is 0 Å². The van der Waals surface area contributed by atoms with E-state index < -0.39 is 6.10 Å². The Labute approximate surface area is 371 Å². The Bertz CT molecular complexity index is 1130. The van der Waals surface area contributed by atoms with Gasteiger partial charge in [0.25, 0.3) is 0 Å². The highest BCUT2D eigenvalue weighted by Crippen LogP contribution is 2.13. The fraction of sp³-hybridized carbons (Fsp3) is 0.709. The molecule has 0 fully saturated rings. The van der Waals surface area contributed by atoms with Crippen molar-refractivity contribution in [2.45, 2.75) is 232 Å². The molecule has 0 amide bonds. The van der Waals surface area contributed by atoms with Gasteiger partial charge in [0, 0.05) is 19.4 Å². The van der Waals surface area contributed by atoms with E-state index in [1.807, 2.05) is 0 Å². The molecule has 0 aliphatic heterocycles. The second-order valence-electron chi connectivity index (χ2n) is 16.3. The van der Waals surface area contributed by atoms with Gasteiger partial charge in [0.1, 0.15) is 6.61 Å². The van der Waals surface area contributed by atoms with Gasteiger partial charge in [0.05, 0.1) is 6.61 Å². The van der Waals surface area contributed by atoms with Crippen molar-refractivity contribution in [2.75, 3.05) is 19.8 Å². The van der Waals surface area contributed by atoms with Crippen LogP contribution >= 0.6 is 0 Å².